The largest absolute Gasteiger partial charge is 0.493 e. The van der Waals surface area contributed by atoms with Gasteiger partial charge in [0.25, 0.3) is 5.91 Å². The van der Waals surface area contributed by atoms with Gasteiger partial charge in [-0.25, -0.2) is 0 Å². The highest BCUT2D eigenvalue weighted by atomic mass is 35.5. The first-order valence-electron chi connectivity index (χ1n) is 11.0. The molecule has 4 rings (SSSR count). The minimum atomic E-state index is -0.138. The summed E-state index contributed by atoms with van der Waals surface area (Å²) in [5.41, 5.74) is 1.71. The van der Waals surface area contributed by atoms with Crippen molar-refractivity contribution in [2.45, 2.75) is 51.1 Å². The van der Waals surface area contributed by atoms with Crippen LogP contribution in [0.2, 0.25) is 5.02 Å². The van der Waals surface area contributed by atoms with E-state index in [9.17, 15) is 4.79 Å². The fraction of sp³-hybridized carbons (Fsp3) is 0.400. The van der Waals surface area contributed by atoms with Gasteiger partial charge in [-0.05, 0) is 62.1 Å². The molecule has 0 radical (unpaired) electrons. The number of hydrogen-bond acceptors (Lipinski definition) is 4. The van der Waals surface area contributed by atoms with E-state index in [0.717, 1.165) is 28.3 Å². The monoisotopic (exact) mass is 456 g/mol. The molecule has 2 aliphatic rings. The van der Waals surface area contributed by atoms with Crippen LogP contribution in [0.5, 0.6) is 5.75 Å². The van der Waals surface area contributed by atoms with Crippen LogP contribution >= 0.6 is 23.4 Å². The van der Waals surface area contributed by atoms with Crippen molar-refractivity contribution in [1.82, 2.24) is 4.90 Å². The minimum Gasteiger partial charge on any atom is -0.493 e. The van der Waals surface area contributed by atoms with Crippen molar-refractivity contribution < 1.29 is 9.53 Å². The number of thioether (sulfide) groups is 1. The molecule has 1 heterocycles. The Kier molecular flexibility index (Phi) is 7.13. The van der Waals surface area contributed by atoms with E-state index < -0.39 is 0 Å². The maximum absolute atomic E-state index is 13.6. The highest BCUT2D eigenvalue weighted by Crippen LogP contribution is 2.43. The van der Waals surface area contributed by atoms with Gasteiger partial charge in [0.2, 0.25) is 0 Å². The average Bonchev–Trinajstić information content (AvgIpc) is 3.06. The summed E-state index contributed by atoms with van der Waals surface area (Å²) in [6.07, 6.45) is 6.56. The number of hydrogen-bond donors (Lipinski definition) is 1. The second kappa shape index (κ2) is 10.0. The number of anilines is 1. The Morgan fingerprint density at radius 1 is 1.19 bits per heavy atom. The van der Waals surface area contributed by atoms with Gasteiger partial charge in [-0.2, -0.15) is 0 Å². The SMILES string of the molecule is CCOc1ccc(Cl)cc1/C=C1\SC(Nc2ccccc2)N([C@@H]2CCCC[C@H]2C)C1=O. The summed E-state index contributed by atoms with van der Waals surface area (Å²) in [6, 6.07) is 15.9. The smallest absolute Gasteiger partial charge is 0.262 e. The van der Waals surface area contributed by atoms with Gasteiger partial charge in [-0.1, -0.05) is 61.3 Å². The fourth-order valence-electron chi connectivity index (χ4n) is 4.43. The molecule has 1 saturated carbocycles. The number of nitrogens with zero attached hydrogens (tertiary/aromatic N) is 1. The third-order valence-corrected chi connectivity index (χ3v) is 7.33. The van der Waals surface area contributed by atoms with Crippen LogP contribution in [0.3, 0.4) is 0 Å². The molecule has 1 unspecified atom stereocenters. The molecule has 31 heavy (non-hydrogen) atoms. The summed E-state index contributed by atoms with van der Waals surface area (Å²) in [5, 5.41) is 4.20. The van der Waals surface area contributed by atoms with E-state index in [-0.39, 0.29) is 17.4 Å². The normalized spacial score (nSPS) is 25.1. The van der Waals surface area contributed by atoms with Crippen molar-refractivity contribution in [3.05, 3.63) is 64.0 Å². The lowest BCUT2D eigenvalue weighted by atomic mass is 9.85. The fourth-order valence-corrected chi connectivity index (χ4v) is 5.81. The Balaban J connectivity index is 1.68. The first-order chi connectivity index (χ1) is 15.1. The first-order valence-corrected chi connectivity index (χ1v) is 12.3. The van der Waals surface area contributed by atoms with Crippen LogP contribution in [0.4, 0.5) is 5.69 Å². The van der Waals surface area contributed by atoms with Gasteiger partial charge >= 0.3 is 0 Å². The quantitative estimate of drug-likeness (QED) is 0.495. The molecule has 0 bridgehead atoms. The zero-order valence-corrected chi connectivity index (χ0v) is 19.6. The van der Waals surface area contributed by atoms with Crippen molar-refractivity contribution in [3.8, 4) is 5.75 Å². The molecule has 4 nitrogen and oxygen atoms in total. The summed E-state index contributed by atoms with van der Waals surface area (Å²) < 4.78 is 5.77. The second-order valence-electron chi connectivity index (χ2n) is 8.15. The predicted octanol–water partition coefficient (Wildman–Crippen LogP) is 6.63. The highest BCUT2D eigenvalue weighted by Gasteiger charge is 2.43. The van der Waals surface area contributed by atoms with Crippen LogP contribution in [0.25, 0.3) is 6.08 Å². The third-order valence-electron chi connectivity index (χ3n) is 5.98. The van der Waals surface area contributed by atoms with Crippen LogP contribution < -0.4 is 10.1 Å². The molecule has 3 atom stereocenters. The first kappa shape index (κ1) is 22.1. The van der Waals surface area contributed by atoms with E-state index in [4.69, 9.17) is 16.3 Å². The van der Waals surface area contributed by atoms with Gasteiger partial charge in [0, 0.05) is 22.3 Å². The molecule has 2 aromatic carbocycles. The zero-order valence-electron chi connectivity index (χ0n) is 18.0. The summed E-state index contributed by atoms with van der Waals surface area (Å²) in [5.74, 6) is 1.31. The van der Waals surface area contributed by atoms with Gasteiger partial charge in [0.15, 0.2) is 5.50 Å². The van der Waals surface area contributed by atoms with Crippen LogP contribution in [0.1, 0.15) is 45.1 Å². The average molecular weight is 457 g/mol. The van der Waals surface area contributed by atoms with E-state index >= 15 is 0 Å². The standard InChI is InChI=1S/C25H29ClN2O2S/c1-3-30-22-14-13-19(26)15-18(22)16-23-24(29)28(21-12-8-7-9-17(21)2)25(31-23)27-20-10-5-4-6-11-20/h4-6,10-11,13-17,21,25,27H,3,7-9,12H2,1-2H3/b23-16-/t17-,21-,25?/m1/s1. The maximum Gasteiger partial charge on any atom is 0.262 e. The Hall–Kier alpha value is -2.11. The highest BCUT2D eigenvalue weighted by molar-refractivity contribution is 8.05. The molecule has 2 aromatic rings. The van der Waals surface area contributed by atoms with Crippen LogP contribution in [0, 0.1) is 5.92 Å². The number of carbonyl (C=O) groups excluding carboxylic acids is 1. The molecule has 164 valence electrons. The van der Waals surface area contributed by atoms with Gasteiger partial charge < -0.3 is 15.0 Å². The molecule has 0 aromatic heterocycles. The molecule has 6 heteroatoms. The van der Waals surface area contributed by atoms with Gasteiger partial charge in [-0.15, -0.1) is 0 Å². The Bertz CT molecular complexity index is 950. The number of rotatable bonds is 6. The Morgan fingerprint density at radius 3 is 2.71 bits per heavy atom. The van der Waals surface area contributed by atoms with Gasteiger partial charge in [0.05, 0.1) is 11.5 Å². The molecule has 1 aliphatic carbocycles. The molecule has 2 fully saturated rings. The van der Waals surface area contributed by atoms with Gasteiger partial charge in [0.1, 0.15) is 5.75 Å². The van der Waals surface area contributed by atoms with Crippen molar-refractivity contribution in [3.63, 3.8) is 0 Å². The third kappa shape index (κ3) is 5.04. The van der Waals surface area contributed by atoms with Crippen molar-refractivity contribution in [2.75, 3.05) is 11.9 Å². The molecular weight excluding hydrogens is 428 g/mol. The lowest BCUT2D eigenvalue weighted by molar-refractivity contribution is -0.129. The van der Waals surface area contributed by atoms with E-state index in [2.05, 4.69) is 17.1 Å². The minimum absolute atomic E-state index is 0.0830. The molecular formula is C25H29ClN2O2S. The number of para-hydroxylation sites is 1. The Morgan fingerprint density at radius 2 is 1.97 bits per heavy atom. The van der Waals surface area contributed by atoms with Crippen molar-refractivity contribution in [2.24, 2.45) is 5.92 Å². The van der Waals surface area contributed by atoms with Crippen molar-refractivity contribution >= 4 is 41.0 Å². The number of benzene rings is 2. The zero-order chi connectivity index (χ0) is 21.8. The van der Waals surface area contributed by atoms with E-state index in [1.165, 1.54) is 19.3 Å². The van der Waals surface area contributed by atoms with Crippen LogP contribution in [-0.2, 0) is 4.79 Å². The number of ether oxygens (including phenoxy) is 1. The second-order valence-corrected chi connectivity index (χ2v) is 9.70. The number of amides is 1. The van der Waals surface area contributed by atoms with Crippen molar-refractivity contribution in [1.29, 1.82) is 0 Å². The Labute approximate surface area is 194 Å². The molecule has 1 N–H and O–H groups in total. The lowest BCUT2D eigenvalue weighted by Crippen LogP contribution is -2.48. The number of halogens is 1. The van der Waals surface area contributed by atoms with Crippen LogP contribution in [-0.4, -0.2) is 29.0 Å². The van der Waals surface area contributed by atoms with E-state index in [1.807, 2.05) is 61.5 Å². The molecule has 0 spiro atoms. The van der Waals surface area contributed by atoms with Gasteiger partial charge in [-0.3, -0.25) is 4.79 Å². The lowest BCUT2D eigenvalue weighted by Gasteiger charge is -2.39. The summed E-state index contributed by atoms with van der Waals surface area (Å²) in [7, 11) is 0. The number of nitrogens with one attached hydrogen (secondary N) is 1. The predicted molar refractivity (Wildman–Crippen MR) is 130 cm³/mol. The summed E-state index contributed by atoms with van der Waals surface area (Å²) in [6.45, 7) is 4.78. The summed E-state index contributed by atoms with van der Waals surface area (Å²) >= 11 is 7.82. The summed E-state index contributed by atoms with van der Waals surface area (Å²) in [4.78, 5) is 16.4. The topological polar surface area (TPSA) is 41.6 Å². The van der Waals surface area contributed by atoms with E-state index in [1.54, 1.807) is 11.8 Å². The molecule has 1 aliphatic heterocycles. The molecule has 1 saturated heterocycles. The maximum atomic E-state index is 13.6. The number of carbonyl (C=O) groups is 1. The molecule has 1 amide bonds. The van der Waals surface area contributed by atoms with Crippen LogP contribution in [0.15, 0.2) is 53.4 Å². The van der Waals surface area contributed by atoms with E-state index in [0.29, 0.717) is 17.5 Å².